The molecule has 0 spiro atoms. The molecular weight excluding hydrogens is 360 g/mol. The number of ether oxygens (including phenoxy) is 2. The van der Waals surface area contributed by atoms with E-state index in [1.54, 1.807) is 25.5 Å². The lowest BCUT2D eigenvalue weighted by atomic mass is 10.1. The molecule has 1 aromatic rings. The number of aliphatic hydroxyl groups is 1. The van der Waals surface area contributed by atoms with Gasteiger partial charge in [0.1, 0.15) is 0 Å². The van der Waals surface area contributed by atoms with Crippen LogP contribution in [0.5, 0.6) is 5.95 Å². The van der Waals surface area contributed by atoms with Gasteiger partial charge in [-0.15, -0.1) is 0 Å². The maximum Gasteiger partial charge on any atom is 0.284 e. The van der Waals surface area contributed by atoms with Crippen molar-refractivity contribution >= 4 is 8.32 Å². The molecule has 5 nitrogen and oxygen atoms in total. The van der Waals surface area contributed by atoms with Gasteiger partial charge in [-0.2, -0.15) is 0 Å². The fraction of sp³-hybridized carbons (Fsp3) is 0.714. The molecular formula is C21H38O5Si. The van der Waals surface area contributed by atoms with Crippen molar-refractivity contribution in [1.29, 1.82) is 0 Å². The summed E-state index contributed by atoms with van der Waals surface area (Å²) in [6.07, 6.45) is 6.17. The molecule has 0 aliphatic carbocycles. The zero-order chi connectivity index (χ0) is 20.5. The Hall–Kier alpha value is -1.08. The quantitative estimate of drug-likeness (QED) is 0.395. The highest BCUT2D eigenvalue weighted by atomic mass is 28.4. The first-order chi connectivity index (χ1) is 12.6. The maximum absolute atomic E-state index is 10.4. The van der Waals surface area contributed by atoms with Gasteiger partial charge in [-0.25, -0.2) is 0 Å². The van der Waals surface area contributed by atoms with Crippen LogP contribution in [0.3, 0.4) is 0 Å². The van der Waals surface area contributed by atoms with Gasteiger partial charge in [-0.05, 0) is 37.0 Å². The minimum absolute atomic E-state index is 0.176. The third-order valence-corrected chi connectivity index (χ3v) is 9.77. The van der Waals surface area contributed by atoms with E-state index in [2.05, 4.69) is 46.9 Å². The van der Waals surface area contributed by atoms with E-state index in [0.29, 0.717) is 32.0 Å². The Morgan fingerprint density at radius 1 is 1.30 bits per heavy atom. The predicted octanol–water partition coefficient (Wildman–Crippen LogP) is 5.03. The summed E-state index contributed by atoms with van der Waals surface area (Å²) in [6, 6.07) is 3.59. The van der Waals surface area contributed by atoms with Gasteiger partial charge in [0.15, 0.2) is 8.32 Å². The Kier molecular flexibility index (Phi) is 9.80. The number of hydrogen-bond acceptors (Lipinski definition) is 5. The summed E-state index contributed by atoms with van der Waals surface area (Å²) < 4.78 is 22.3. The van der Waals surface area contributed by atoms with Crippen molar-refractivity contribution < 1.29 is 23.4 Å². The summed E-state index contributed by atoms with van der Waals surface area (Å²) in [6.45, 7) is 14.3. The van der Waals surface area contributed by atoms with Crippen molar-refractivity contribution in [3.63, 3.8) is 0 Å². The molecule has 6 heteroatoms. The molecule has 0 bridgehead atoms. The van der Waals surface area contributed by atoms with E-state index >= 15 is 0 Å². The molecule has 0 amide bonds. The van der Waals surface area contributed by atoms with E-state index in [1.165, 1.54) is 0 Å². The van der Waals surface area contributed by atoms with Crippen LogP contribution in [0.1, 0.15) is 40.5 Å². The van der Waals surface area contributed by atoms with Gasteiger partial charge in [0.2, 0.25) is 0 Å². The first kappa shape index (κ1) is 24.0. The van der Waals surface area contributed by atoms with E-state index in [0.717, 1.165) is 0 Å². The normalized spacial score (nSPS) is 16.4. The molecule has 1 N–H and O–H groups in total. The Morgan fingerprint density at radius 2 is 2.00 bits per heavy atom. The lowest BCUT2D eigenvalue weighted by Crippen LogP contribution is -2.41. The summed E-state index contributed by atoms with van der Waals surface area (Å²) >= 11 is 0. The van der Waals surface area contributed by atoms with Gasteiger partial charge in [0, 0.05) is 25.7 Å². The predicted molar refractivity (Wildman–Crippen MR) is 112 cm³/mol. The highest BCUT2D eigenvalue weighted by Crippen LogP contribution is 2.36. The molecule has 0 radical (unpaired) electrons. The largest absolute Gasteiger partial charge is 0.465 e. The van der Waals surface area contributed by atoms with Crippen LogP contribution >= 0.6 is 0 Å². The minimum atomic E-state index is -1.78. The summed E-state index contributed by atoms with van der Waals surface area (Å²) in [7, 11) is -0.138. The Bertz CT molecular complexity index is 533. The van der Waals surface area contributed by atoms with Crippen molar-refractivity contribution in [3.8, 4) is 5.95 Å². The van der Waals surface area contributed by atoms with Crippen LogP contribution in [-0.4, -0.2) is 46.0 Å². The molecule has 0 aliphatic heterocycles. The van der Waals surface area contributed by atoms with Crippen LogP contribution in [0, 0.1) is 5.92 Å². The standard InChI is InChI=1S/C21H38O5Si/c1-17(16-25-20-12-9-14-24-20)10-8-11-19(23-5)18(22)13-15-26-27(6,7)21(2,3)4/h8-10,12,14,17-19,22H,11,13,15-16H2,1-7H3/b10-8+/t17-,18+,19+/m0/s1. The minimum Gasteiger partial charge on any atom is -0.465 e. The van der Waals surface area contributed by atoms with Gasteiger partial charge >= 0.3 is 0 Å². The summed E-state index contributed by atoms with van der Waals surface area (Å²) in [4.78, 5) is 0. The summed E-state index contributed by atoms with van der Waals surface area (Å²) in [5.74, 6) is 0.772. The van der Waals surface area contributed by atoms with Crippen molar-refractivity contribution in [2.24, 2.45) is 5.92 Å². The first-order valence-corrected chi connectivity index (χ1v) is 12.7. The topological polar surface area (TPSA) is 61.1 Å². The van der Waals surface area contributed by atoms with E-state index in [-0.39, 0.29) is 17.1 Å². The van der Waals surface area contributed by atoms with Gasteiger partial charge in [-0.1, -0.05) is 39.8 Å². The maximum atomic E-state index is 10.4. The van der Waals surface area contributed by atoms with Crippen LogP contribution in [0.25, 0.3) is 0 Å². The molecule has 1 rings (SSSR count). The summed E-state index contributed by atoms with van der Waals surface area (Å²) in [5.41, 5.74) is 0. The molecule has 0 unspecified atom stereocenters. The van der Waals surface area contributed by atoms with E-state index < -0.39 is 14.4 Å². The third kappa shape index (κ3) is 8.64. The first-order valence-electron chi connectivity index (χ1n) is 9.74. The molecule has 3 atom stereocenters. The van der Waals surface area contributed by atoms with Crippen molar-refractivity contribution in [2.45, 2.75) is 70.9 Å². The molecule has 0 saturated heterocycles. The molecule has 0 fully saturated rings. The van der Waals surface area contributed by atoms with Gasteiger partial charge < -0.3 is 23.4 Å². The second-order valence-corrected chi connectivity index (χ2v) is 13.4. The smallest absolute Gasteiger partial charge is 0.284 e. The van der Waals surface area contributed by atoms with Crippen molar-refractivity contribution in [2.75, 3.05) is 20.3 Å². The van der Waals surface area contributed by atoms with Crippen LogP contribution in [0.2, 0.25) is 18.1 Å². The average molecular weight is 399 g/mol. The lowest BCUT2D eigenvalue weighted by molar-refractivity contribution is -0.0194. The van der Waals surface area contributed by atoms with Gasteiger partial charge in [0.25, 0.3) is 5.95 Å². The highest BCUT2D eigenvalue weighted by Gasteiger charge is 2.37. The third-order valence-electron chi connectivity index (χ3n) is 5.23. The van der Waals surface area contributed by atoms with E-state index in [4.69, 9.17) is 18.3 Å². The molecule has 27 heavy (non-hydrogen) atoms. The number of methoxy groups -OCH3 is 1. The second-order valence-electron chi connectivity index (χ2n) is 8.62. The second kappa shape index (κ2) is 11.0. The van der Waals surface area contributed by atoms with Gasteiger partial charge in [-0.3, -0.25) is 0 Å². The highest BCUT2D eigenvalue weighted by molar-refractivity contribution is 6.74. The Balaban J connectivity index is 2.34. The van der Waals surface area contributed by atoms with Crippen LogP contribution in [0.15, 0.2) is 35.0 Å². The Morgan fingerprint density at radius 3 is 2.56 bits per heavy atom. The molecule has 0 aliphatic rings. The van der Waals surface area contributed by atoms with Crippen molar-refractivity contribution in [1.82, 2.24) is 0 Å². The molecule has 0 aromatic carbocycles. The number of hydrogen-bond donors (Lipinski definition) is 1. The SMILES string of the molecule is CO[C@H](C/C=C/[C@H](C)COc1ccco1)[C@H](O)CCO[Si](C)(C)C(C)(C)C. The number of aliphatic hydroxyl groups excluding tert-OH is 1. The van der Waals surface area contributed by atoms with E-state index in [9.17, 15) is 5.11 Å². The van der Waals surface area contributed by atoms with Crippen molar-refractivity contribution in [3.05, 3.63) is 30.5 Å². The fourth-order valence-electron chi connectivity index (χ4n) is 2.31. The molecule has 1 aromatic heterocycles. The van der Waals surface area contributed by atoms with Crippen LogP contribution < -0.4 is 4.74 Å². The lowest BCUT2D eigenvalue weighted by Gasteiger charge is -2.36. The zero-order valence-corrected chi connectivity index (χ0v) is 19.0. The van der Waals surface area contributed by atoms with E-state index in [1.807, 2.05) is 6.08 Å². The van der Waals surface area contributed by atoms with Gasteiger partial charge in [0.05, 0.1) is 25.1 Å². The van der Waals surface area contributed by atoms with Crippen LogP contribution in [-0.2, 0) is 9.16 Å². The fourth-order valence-corrected chi connectivity index (χ4v) is 3.37. The number of rotatable bonds is 12. The molecule has 1 heterocycles. The average Bonchev–Trinajstić information content (AvgIpc) is 3.09. The molecule has 156 valence electrons. The summed E-state index contributed by atoms with van der Waals surface area (Å²) in [5, 5.41) is 10.6. The monoisotopic (exact) mass is 398 g/mol. The zero-order valence-electron chi connectivity index (χ0n) is 18.0. The van der Waals surface area contributed by atoms with Crippen LogP contribution in [0.4, 0.5) is 0 Å². The molecule has 0 saturated carbocycles. The number of furan rings is 1. The Labute approximate surface area is 165 Å².